The summed E-state index contributed by atoms with van der Waals surface area (Å²) < 4.78 is 5.26. The number of nitrogens with zero attached hydrogens (tertiary/aromatic N) is 3. The van der Waals surface area contributed by atoms with Crippen LogP contribution in [0, 0.1) is 0 Å². The highest BCUT2D eigenvalue weighted by atomic mass is 16.4. The average molecular weight is 318 g/mol. The summed E-state index contributed by atoms with van der Waals surface area (Å²) in [6, 6.07) is 5.44. The molecule has 23 heavy (non-hydrogen) atoms. The van der Waals surface area contributed by atoms with E-state index < -0.39 is 5.60 Å². The molecule has 0 amide bonds. The number of aromatic nitrogens is 2. The predicted octanol–water partition coefficient (Wildman–Crippen LogP) is 1.35. The average Bonchev–Trinajstić information content (AvgIpc) is 3.24. The van der Waals surface area contributed by atoms with Crippen LogP contribution in [0.2, 0.25) is 0 Å². The van der Waals surface area contributed by atoms with Gasteiger partial charge in [-0.05, 0) is 31.9 Å². The van der Waals surface area contributed by atoms with Crippen molar-refractivity contribution >= 4 is 11.6 Å². The number of aliphatic hydroxyl groups excluding tert-OH is 1. The molecule has 7 nitrogen and oxygen atoms in total. The Labute approximate surface area is 135 Å². The number of hydrogen-bond acceptors (Lipinski definition) is 7. The Balaban J connectivity index is 1.68. The molecule has 7 heteroatoms. The summed E-state index contributed by atoms with van der Waals surface area (Å²) in [5, 5.41) is 23.0. The van der Waals surface area contributed by atoms with E-state index in [1.807, 2.05) is 6.07 Å². The van der Waals surface area contributed by atoms with Crippen molar-refractivity contribution in [2.24, 2.45) is 0 Å². The summed E-state index contributed by atoms with van der Waals surface area (Å²) in [7, 11) is 0. The van der Waals surface area contributed by atoms with Crippen LogP contribution >= 0.6 is 0 Å². The Kier molecular flexibility index (Phi) is 4.49. The van der Waals surface area contributed by atoms with Gasteiger partial charge in [-0.2, -0.15) is 0 Å². The van der Waals surface area contributed by atoms with Crippen LogP contribution in [0.5, 0.6) is 0 Å². The molecule has 1 saturated heterocycles. The molecule has 0 saturated carbocycles. The molecule has 3 heterocycles. The zero-order valence-electron chi connectivity index (χ0n) is 13.1. The van der Waals surface area contributed by atoms with Gasteiger partial charge in [-0.15, -0.1) is 0 Å². The normalized spacial score (nSPS) is 20.5. The van der Waals surface area contributed by atoms with Crippen LogP contribution in [0.25, 0.3) is 0 Å². The summed E-state index contributed by atoms with van der Waals surface area (Å²) in [5.41, 5.74) is -1.13. The Morgan fingerprint density at radius 1 is 1.48 bits per heavy atom. The highest BCUT2D eigenvalue weighted by Crippen LogP contribution is 2.25. The van der Waals surface area contributed by atoms with Crippen LogP contribution in [0.15, 0.2) is 35.2 Å². The van der Waals surface area contributed by atoms with Gasteiger partial charge in [-0.3, -0.25) is 0 Å². The van der Waals surface area contributed by atoms with E-state index in [0.29, 0.717) is 11.6 Å². The molecule has 0 radical (unpaired) electrons. The largest absolute Gasteiger partial charge is 0.466 e. The summed E-state index contributed by atoms with van der Waals surface area (Å²) in [6.45, 7) is 2.95. The molecular weight excluding hydrogens is 296 g/mol. The van der Waals surface area contributed by atoms with Crippen molar-refractivity contribution < 1.29 is 14.6 Å². The third-order valence-corrected chi connectivity index (χ3v) is 4.20. The molecule has 0 bridgehead atoms. The second-order valence-electron chi connectivity index (χ2n) is 6.04. The summed E-state index contributed by atoms with van der Waals surface area (Å²) in [4.78, 5) is 10.6. The monoisotopic (exact) mass is 318 g/mol. The molecule has 0 spiro atoms. The molecule has 124 valence electrons. The fraction of sp³-hybridized carbons (Fsp3) is 0.500. The van der Waals surface area contributed by atoms with E-state index in [1.54, 1.807) is 19.1 Å². The molecule has 2 aromatic heterocycles. The van der Waals surface area contributed by atoms with Gasteiger partial charge >= 0.3 is 0 Å². The first kappa shape index (κ1) is 15.8. The smallest absolute Gasteiger partial charge is 0.136 e. The third kappa shape index (κ3) is 3.46. The van der Waals surface area contributed by atoms with Gasteiger partial charge in [0, 0.05) is 12.6 Å². The lowest BCUT2D eigenvalue weighted by Gasteiger charge is -2.25. The van der Waals surface area contributed by atoms with Gasteiger partial charge in [-0.1, -0.05) is 0 Å². The Bertz CT molecular complexity index is 630. The topological polar surface area (TPSA) is 94.7 Å². The third-order valence-electron chi connectivity index (χ3n) is 4.20. The fourth-order valence-electron chi connectivity index (χ4n) is 2.86. The zero-order chi connectivity index (χ0) is 16.3. The van der Waals surface area contributed by atoms with Crippen molar-refractivity contribution in [2.75, 3.05) is 29.9 Å². The van der Waals surface area contributed by atoms with Crippen LogP contribution in [0.3, 0.4) is 0 Å². The van der Waals surface area contributed by atoms with Crippen molar-refractivity contribution in [3.63, 3.8) is 0 Å². The van der Waals surface area contributed by atoms with E-state index >= 15 is 0 Å². The molecule has 0 aliphatic carbocycles. The molecule has 1 fully saturated rings. The highest BCUT2D eigenvalue weighted by Gasteiger charge is 2.27. The number of hydrogen-bond donors (Lipinski definition) is 3. The van der Waals surface area contributed by atoms with E-state index in [1.165, 1.54) is 12.6 Å². The molecule has 3 rings (SSSR count). The van der Waals surface area contributed by atoms with Crippen LogP contribution in [0.1, 0.15) is 25.5 Å². The molecule has 2 unspecified atom stereocenters. The van der Waals surface area contributed by atoms with Crippen molar-refractivity contribution in [2.45, 2.75) is 31.4 Å². The van der Waals surface area contributed by atoms with Gasteiger partial charge in [0.1, 0.15) is 29.3 Å². The van der Waals surface area contributed by atoms with Crippen molar-refractivity contribution in [1.82, 2.24) is 9.97 Å². The summed E-state index contributed by atoms with van der Waals surface area (Å²) in [6.07, 6.45) is 5.04. The van der Waals surface area contributed by atoms with Gasteiger partial charge < -0.3 is 24.8 Å². The number of aliphatic hydroxyl groups is 2. The van der Waals surface area contributed by atoms with Gasteiger partial charge in [0.2, 0.25) is 0 Å². The first-order valence-corrected chi connectivity index (χ1v) is 7.80. The van der Waals surface area contributed by atoms with Gasteiger partial charge in [0.25, 0.3) is 0 Å². The minimum absolute atomic E-state index is 0.115. The maximum absolute atomic E-state index is 10.5. The lowest BCUT2D eigenvalue weighted by atomic mass is 10.0. The lowest BCUT2D eigenvalue weighted by Crippen LogP contribution is -2.33. The van der Waals surface area contributed by atoms with Crippen molar-refractivity contribution in [1.29, 1.82) is 0 Å². The number of furan rings is 1. The second-order valence-corrected chi connectivity index (χ2v) is 6.04. The molecule has 2 atom stereocenters. The van der Waals surface area contributed by atoms with E-state index in [2.05, 4.69) is 20.2 Å². The molecule has 2 aromatic rings. The lowest BCUT2D eigenvalue weighted by molar-refractivity contribution is 0.0476. The molecule has 1 aliphatic rings. The minimum atomic E-state index is -1.13. The fourth-order valence-corrected chi connectivity index (χ4v) is 2.86. The van der Waals surface area contributed by atoms with Gasteiger partial charge in [-0.25, -0.2) is 9.97 Å². The van der Waals surface area contributed by atoms with E-state index in [-0.39, 0.29) is 19.2 Å². The first-order valence-electron chi connectivity index (χ1n) is 7.80. The Hall–Kier alpha value is -2.12. The highest BCUT2D eigenvalue weighted by molar-refractivity contribution is 5.50. The SMILES string of the molecule is CC(O)(CNc1cc(N2CCCC2CO)ncn1)c1ccco1. The summed E-state index contributed by atoms with van der Waals surface area (Å²) in [5.74, 6) is 1.92. The maximum Gasteiger partial charge on any atom is 0.136 e. The van der Waals surface area contributed by atoms with Crippen molar-refractivity contribution in [3.05, 3.63) is 36.5 Å². The van der Waals surface area contributed by atoms with E-state index in [9.17, 15) is 10.2 Å². The molecular formula is C16H22N4O3. The zero-order valence-corrected chi connectivity index (χ0v) is 13.1. The van der Waals surface area contributed by atoms with Gasteiger partial charge in [0.05, 0.1) is 25.5 Å². The van der Waals surface area contributed by atoms with Gasteiger partial charge in [0.15, 0.2) is 0 Å². The van der Waals surface area contributed by atoms with Crippen LogP contribution in [-0.2, 0) is 5.60 Å². The summed E-state index contributed by atoms with van der Waals surface area (Å²) >= 11 is 0. The Morgan fingerprint density at radius 3 is 3.09 bits per heavy atom. The van der Waals surface area contributed by atoms with E-state index in [4.69, 9.17) is 4.42 Å². The van der Waals surface area contributed by atoms with Crippen molar-refractivity contribution in [3.8, 4) is 0 Å². The maximum atomic E-state index is 10.5. The Morgan fingerprint density at radius 2 is 2.35 bits per heavy atom. The van der Waals surface area contributed by atoms with Crippen LogP contribution in [-0.4, -0.2) is 45.9 Å². The number of rotatable bonds is 6. The second kappa shape index (κ2) is 6.55. The minimum Gasteiger partial charge on any atom is -0.466 e. The molecule has 1 aliphatic heterocycles. The standard InChI is InChI=1S/C16H22N4O3/c1-16(22,13-5-3-7-23-13)10-17-14-8-15(19-11-18-14)20-6-2-4-12(20)9-21/h3,5,7-8,11-12,21-22H,2,4,6,9-10H2,1H3,(H,17,18,19). The van der Waals surface area contributed by atoms with Crippen LogP contribution in [0.4, 0.5) is 11.6 Å². The number of anilines is 2. The molecule has 0 aromatic carbocycles. The van der Waals surface area contributed by atoms with E-state index in [0.717, 1.165) is 25.2 Å². The first-order chi connectivity index (χ1) is 11.1. The van der Waals surface area contributed by atoms with Crippen LogP contribution < -0.4 is 10.2 Å². The molecule has 3 N–H and O–H groups in total. The number of nitrogens with one attached hydrogen (secondary N) is 1. The quantitative estimate of drug-likeness (QED) is 0.740. The predicted molar refractivity (Wildman–Crippen MR) is 86.3 cm³/mol.